The standard InChI is InChI=1S/C19H16ClFN2O2S/c1-11(2)23-18(25)15-7-6-13(20)9-16(15)22-19(23)26-10-17(24)12-4-3-5-14(21)8-12/h3-9,11H,10H2,1-2H3. The lowest BCUT2D eigenvalue weighted by molar-refractivity contribution is 0.102. The average Bonchev–Trinajstić information content (AvgIpc) is 2.59. The summed E-state index contributed by atoms with van der Waals surface area (Å²) in [7, 11) is 0. The van der Waals surface area contributed by atoms with Gasteiger partial charge in [-0.05, 0) is 44.2 Å². The summed E-state index contributed by atoms with van der Waals surface area (Å²) < 4.78 is 14.9. The molecule has 0 spiro atoms. The molecule has 0 amide bonds. The highest BCUT2D eigenvalue weighted by Gasteiger charge is 2.16. The van der Waals surface area contributed by atoms with Gasteiger partial charge in [0.05, 0.1) is 16.7 Å². The van der Waals surface area contributed by atoms with E-state index in [0.717, 1.165) is 11.8 Å². The first-order chi connectivity index (χ1) is 12.4. The molecule has 4 nitrogen and oxygen atoms in total. The Morgan fingerprint density at radius 1 is 1.27 bits per heavy atom. The van der Waals surface area contributed by atoms with Gasteiger partial charge in [-0.15, -0.1) is 0 Å². The number of halogens is 2. The highest BCUT2D eigenvalue weighted by Crippen LogP contribution is 2.23. The third-order valence-corrected chi connectivity index (χ3v) is 5.01. The van der Waals surface area contributed by atoms with E-state index < -0.39 is 5.82 Å². The van der Waals surface area contributed by atoms with Gasteiger partial charge in [-0.1, -0.05) is 35.5 Å². The number of carbonyl (C=O) groups excluding carboxylic acids is 1. The van der Waals surface area contributed by atoms with Gasteiger partial charge >= 0.3 is 0 Å². The highest BCUT2D eigenvalue weighted by molar-refractivity contribution is 7.99. The summed E-state index contributed by atoms with van der Waals surface area (Å²) in [6.45, 7) is 3.76. The van der Waals surface area contributed by atoms with Crippen molar-refractivity contribution < 1.29 is 9.18 Å². The van der Waals surface area contributed by atoms with Crippen LogP contribution in [0.1, 0.15) is 30.2 Å². The van der Waals surface area contributed by atoms with Crippen LogP contribution in [0.2, 0.25) is 5.02 Å². The van der Waals surface area contributed by atoms with E-state index in [9.17, 15) is 14.0 Å². The van der Waals surface area contributed by atoms with Crippen LogP contribution in [-0.2, 0) is 0 Å². The molecule has 1 aromatic heterocycles. The number of thioether (sulfide) groups is 1. The van der Waals surface area contributed by atoms with E-state index in [1.807, 2.05) is 13.8 Å². The monoisotopic (exact) mass is 390 g/mol. The summed E-state index contributed by atoms with van der Waals surface area (Å²) in [5, 5.41) is 1.40. The van der Waals surface area contributed by atoms with Crippen LogP contribution in [0.4, 0.5) is 4.39 Å². The third-order valence-electron chi connectivity index (χ3n) is 3.83. The minimum atomic E-state index is -0.460. The van der Waals surface area contributed by atoms with E-state index in [0.29, 0.717) is 26.6 Å². The van der Waals surface area contributed by atoms with Gasteiger partial charge in [0.15, 0.2) is 10.9 Å². The largest absolute Gasteiger partial charge is 0.293 e. The van der Waals surface area contributed by atoms with Crippen molar-refractivity contribution in [3.63, 3.8) is 0 Å². The van der Waals surface area contributed by atoms with Crippen molar-refractivity contribution in [3.8, 4) is 0 Å². The molecule has 0 radical (unpaired) electrons. The average molecular weight is 391 g/mol. The summed E-state index contributed by atoms with van der Waals surface area (Å²) in [4.78, 5) is 29.6. The van der Waals surface area contributed by atoms with E-state index in [4.69, 9.17) is 11.6 Å². The molecule has 7 heteroatoms. The van der Waals surface area contributed by atoms with Crippen LogP contribution in [0.5, 0.6) is 0 Å². The fraction of sp³-hybridized carbons (Fsp3) is 0.211. The summed E-state index contributed by atoms with van der Waals surface area (Å²) >= 11 is 7.16. The molecule has 0 aliphatic heterocycles. The lowest BCUT2D eigenvalue weighted by Crippen LogP contribution is -2.25. The number of hydrogen-bond acceptors (Lipinski definition) is 4. The quantitative estimate of drug-likeness (QED) is 0.358. The van der Waals surface area contributed by atoms with Crippen molar-refractivity contribution in [2.24, 2.45) is 0 Å². The topological polar surface area (TPSA) is 52.0 Å². The maximum absolute atomic E-state index is 13.3. The maximum Gasteiger partial charge on any atom is 0.262 e. The fourth-order valence-corrected chi connectivity index (χ4v) is 3.77. The Kier molecular flexibility index (Phi) is 5.44. The molecule has 0 atom stereocenters. The molecule has 2 aromatic carbocycles. The molecule has 0 bridgehead atoms. The first-order valence-corrected chi connectivity index (χ1v) is 9.36. The second kappa shape index (κ2) is 7.60. The SMILES string of the molecule is CC(C)n1c(SCC(=O)c2cccc(F)c2)nc2cc(Cl)ccc2c1=O. The van der Waals surface area contributed by atoms with Gasteiger partial charge in [0.1, 0.15) is 5.82 Å². The molecular formula is C19H16ClFN2O2S. The number of rotatable bonds is 5. The second-order valence-corrected chi connectivity index (χ2v) is 7.43. The van der Waals surface area contributed by atoms with Gasteiger partial charge in [0.2, 0.25) is 0 Å². The zero-order valence-electron chi connectivity index (χ0n) is 14.2. The van der Waals surface area contributed by atoms with E-state index in [-0.39, 0.29) is 23.1 Å². The van der Waals surface area contributed by atoms with Crippen LogP contribution >= 0.6 is 23.4 Å². The molecule has 0 N–H and O–H groups in total. The van der Waals surface area contributed by atoms with Crippen molar-refractivity contribution in [2.75, 3.05) is 5.75 Å². The zero-order chi connectivity index (χ0) is 18.8. The Labute approximate surface area is 159 Å². The summed E-state index contributed by atoms with van der Waals surface area (Å²) in [5.41, 5.74) is 0.599. The Bertz CT molecular complexity index is 1050. The number of ketones is 1. The molecule has 0 aliphatic rings. The van der Waals surface area contributed by atoms with Gasteiger partial charge in [-0.3, -0.25) is 14.2 Å². The number of carbonyl (C=O) groups is 1. The van der Waals surface area contributed by atoms with Crippen molar-refractivity contribution in [1.29, 1.82) is 0 Å². The molecule has 0 unspecified atom stereocenters. The van der Waals surface area contributed by atoms with Crippen LogP contribution < -0.4 is 5.56 Å². The van der Waals surface area contributed by atoms with Crippen molar-refractivity contribution in [3.05, 3.63) is 69.2 Å². The normalized spacial score (nSPS) is 11.3. The first kappa shape index (κ1) is 18.6. The van der Waals surface area contributed by atoms with E-state index in [1.54, 1.807) is 28.8 Å². The first-order valence-electron chi connectivity index (χ1n) is 8.00. The highest BCUT2D eigenvalue weighted by atomic mass is 35.5. The third kappa shape index (κ3) is 3.81. The minimum Gasteiger partial charge on any atom is -0.293 e. The van der Waals surface area contributed by atoms with Gasteiger partial charge in [-0.2, -0.15) is 0 Å². The fourth-order valence-electron chi connectivity index (χ4n) is 2.58. The van der Waals surface area contributed by atoms with Crippen molar-refractivity contribution in [2.45, 2.75) is 25.0 Å². The lowest BCUT2D eigenvalue weighted by atomic mass is 10.1. The van der Waals surface area contributed by atoms with E-state index in [1.165, 1.54) is 18.2 Å². The van der Waals surface area contributed by atoms with Crippen LogP contribution in [0.15, 0.2) is 52.4 Å². The Balaban J connectivity index is 1.97. The van der Waals surface area contributed by atoms with Gasteiger partial charge < -0.3 is 0 Å². The molecule has 0 saturated carbocycles. The van der Waals surface area contributed by atoms with Gasteiger partial charge in [-0.25, -0.2) is 9.37 Å². The number of nitrogens with zero attached hydrogens (tertiary/aromatic N) is 2. The number of hydrogen-bond donors (Lipinski definition) is 0. The molecule has 26 heavy (non-hydrogen) atoms. The van der Waals surface area contributed by atoms with Crippen LogP contribution in [0, 0.1) is 5.82 Å². The molecule has 0 aliphatic carbocycles. The molecule has 3 rings (SSSR count). The van der Waals surface area contributed by atoms with Crippen molar-refractivity contribution >= 4 is 40.0 Å². The molecule has 0 saturated heterocycles. The summed E-state index contributed by atoms with van der Waals surface area (Å²) in [6.07, 6.45) is 0. The Morgan fingerprint density at radius 3 is 2.73 bits per heavy atom. The van der Waals surface area contributed by atoms with E-state index in [2.05, 4.69) is 4.98 Å². The number of aromatic nitrogens is 2. The van der Waals surface area contributed by atoms with Gasteiger partial charge in [0, 0.05) is 16.6 Å². The smallest absolute Gasteiger partial charge is 0.262 e. The number of Topliss-reactive ketones (excluding diaryl/α,β-unsaturated/α-hetero) is 1. The lowest BCUT2D eigenvalue weighted by Gasteiger charge is -2.16. The minimum absolute atomic E-state index is 0.0503. The van der Waals surface area contributed by atoms with Crippen LogP contribution in [0.25, 0.3) is 10.9 Å². The molecule has 1 heterocycles. The van der Waals surface area contributed by atoms with Crippen molar-refractivity contribution in [1.82, 2.24) is 9.55 Å². The molecule has 134 valence electrons. The number of fused-ring (bicyclic) bond motifs is 1. The maximum atomic E-state index is 13.3. The molecule has 0 fully saturated rings. The second-order valence-electron chi connectivity index (χ2n) is 6.05. The Hall–Kier alpha value is -2.18. The summed E-state index contributed by atoms with van der Waals surface area (Å²) in [5.74, 6) is -0.641. The molecule has 3 aromatic rings. The zero-order valence-corrected chi connectivity index (χ0v) is 15.8. The predicted molar refractivity (Wildman–Crippen MR) is 103 cm³/mol. The van der Waals surface area contributed by atoms with Gasteiger partial charge in [0.25, 0.3) is 5.56 Å². The molecular weight excluding hydrogens is 375 g/mol. The predicted octanol–water partition coefficient (Wildman–Crippen LogP) is 4.74. The van der Waals surface area contributed by atoms with E-state index >= 15 is 0 Å². The number of benzene rings is 2. The summed E-state index contributed by atoms with van der Waals surface area (Å²) in [6, 6.07) is 10.4. The Morgan fingerprint density at radius 2 is 2.04 bits per heavy atom. The van der Waals surface area contributed by atoms with Crippen LogP contribution in [-0.4, -0.2) is 21.1 Å². The van der Waals surface area contributed by atoms with Crippen LogP contribution in [0.3, 0.4) is 0 Å².